The summed E-state index contributed by atoms with van der Waals surface area (Å²) < 4.78 is 0. The number of nitrogens with two attached hydrogens (primary N) is 1. The lowest BCUT2D eigenvalue weighted by molar-refractivity contribution is 0.151. The summed E-state index contributed by atoms with van der Waals surface area (Å²) in [5.74, 6) is 0.410. The fourth-order valence-electron chi connectivity index (χ4n) is 0.811. The number of carbonyl (C=O) groups is 1. The topological polar surface area (TPSA) is 76.7 Å². The van der Waals surface area contributed by atoms with Gasteiger partial charge < -0.3 is 11.1 Å². The summed E-state index contributed by atoms with van der Waals surface area (Å²) >= 11 is 0. The van der Waals surface area contributed by atoms with E-state index in [4.69, 9.17) is 5.73 Å². The van der Waals surface area contributed by atoms with Gasteiger partial charge in [0.2, 0.25) is 0 Å². The summed E-state index contributed by atoms with van der Waals surface area (Å²) in [4.78, 5) is 14.8. The number of carbonyl (C=O) groups excluding carboxylic acids is 1. The third-order valence-electron chi connectivity index (χ3n) is 1.63. The number of hydrogen-bond acceptors (Lipinski definition) is 4. The highest BCUT2D eigenvalue weighted by molar-refractivity contribution is 5.67. The Morgan fingerprint density at radius 1 is 1.91 bits per heavy atom. The van der Waals surface area contributed by atoms with Gasteiger partial charge in [0.1, 0.15) is 0 Å². The molecular formula is C6H11N3O2. The molecule has 1 aliphatic carbocycles. The molecule has 0 aliphatic heterocycles. The van der Waals surface area contributed by atoms with Gasteiger partial charge in [-0.1, -0.05) is 5.16 Å². The molecule has 0 heterocycles. The number of hydrogen-bond donors (Lipinski definition) is 2. The van der Waals surface area contributed by atoms with E-state index in [9.17, 15) is 4.79 Å². The lowest BCUT2D eigenvalue weighted by Gasteiger charge is -1.99. The van der Waals surface area contributed by atoms with Crippen LogP contribution in [0.3, 0.4) is 0 Å². The van der Waals surface area contributed by atoms with E-state index in [1.807, 2.05) is 0 Å². The van der Waals surface area contributed by atoms with Gasteiger partial charge in [0.25, 0.3) is 0 Å². The Hall–Kier alpha value is -1.10. The van der Waals surface area contributed by atoms with Crippen LogP contribution in [0.15, 0.2) is 5.16 Å². The van der Waals surface area contributed by atoms with Crippen molar-refractivity contribution in [2.75, 3.05) is 6.54 Å². The number of oxime groups is 1. The van der Waals surface area contributed by atoms with Gasteiger partial charge in [-0.25, -0.2) is 4.79 Å². The SMILES string of the molecule is C=NOC(=O)NCC1CC1N. The van der Waals surface area contributed by atoms with Crippen LogP contribution in [0.5, 0.6) is 0 Å². The molecule has 1 rings (SSSR count). The zero-order valence-corrected chi connectivity index (χ0v) is 6.12. The maximum absolute atomic E-state index is 10.6. The average Bonchev–Trinajstić information content (AvgIpc) is 2.63. The Morgan fingerprint density at radius 2 is 2.55 bits per heavy atom. The molecular weight excluding hydrogens is 146 g/mol. The van der Waals surface area contributed by atoms with E-state index >= 15 is 0 Å². The maximum atomic E-state index is 10.6. The number of nitrogens with one attached hydrogen (secondary N) is 1. The third kappa shape index (κ3) is 2.55. The fraction of sp³-hybridized carbons (Fsp3) is 0.667. The molecule has 1 aliphatic rings. The molecule has 3 N–H and O–H groups in total. The smallest absolute Gasteiger partial charge is 0.327 e. The molecule has 0 aromatic heterocycles. The zero-order valence-electron chi connectivity index (χ0n) is 6.12. The van der Waals surface area contributed by atoms with E-state index in [1.54, 1.807) is 0 Å². The number of nitrogens with zero attached hydrogens (tertiary/aromatic N) is 1. The molecule has 2 unspecified atom stereocenters. The normalized spacial score (nSPS) is 27.4. The van der Waals surface area contributed by atoms with E-state index < -0.39 is 6.09 Å². The maximum Gasteiger partial charge on any atom is 0.433 e. The van der Waals surface area contributed by atoms with Crippen LogP contribution in [0.25, 0.3) is 0 Å². The quantitative estimate of drug-likeness (QED) is 0.334. The molecule has 0 aromatic carbocycles. The summed E-state index contributed by atoms with van der Waals surface area (Å²) in [6, 6.07) is 0.243. The number of rotatable bonds is 3. The zero-order chi connectivity index (χ0) is 8.27. The first kappa shape index (κ1) is 8.00. The standard InChI is InChI=1S/C6H11N3O2/c1-8-11-6(10)9-3-4-2-5(4)7/h4-5H,1-3,7H2,(H,9,10). The van der Waals surface area contributed by atoms with Crippen molar-refractivity contribution in [3.8, 4) is 0 Å². The molecule has 5 nitrogen and oxygen atoms in total. The second kappa shape index (κ2) is 3.34. The van der Waals surface area contributed by atoms with Gasteiger partial charge in [-0.3, -0.25) is 4.84 Å². The van der Waals surface area contributed by atoms with Crippen molar-refractivity contribution < 1.29 is 9.63 Å². The Balaban J connectivity index is 2.02. The van der Waals surface area contributed by atoms with Crippen LogP contribution in [0.4, 0.5) is 4.79 Å². The average molecular weight is 157 g/mol. The largest absolute Gasteiger partial charge is 0.433 e. The van der Waals surface area contributed by atoms with E-state index in [-0.39, 0.29) is 6.04 Å². The Bertz CT molecular complexity index is 171. The molecule has 5 heteroatoms. The summed E-state index contributed by atoms with van der Waals surface area (Å²) in [5.41, 5.74) is 5.50. The molecule has 11 heavy (non-hydrogen) atoms. The first-order chi connectivity index (χ1) is 5.24. The fourth-order valence-corrected chi connectivity index (χ4v) is 0.811. The lowest BCUT2D eigenvalue weighted by atomic mass is 10.4. The van der Waals surface area contributed by atoms with Crippen LogP contribution in [0.2, 0.25) is 0 Å². The summed E-state index contributed by atoms with van der Waals surface area (Å²) in [6.45, 7) is 3.57. The van der Waals surface area contributed by atoms with Crippen molar-refractivity contribution in [3.05, 3.63) is 0 Å². The Morgan fingerprint density at radius 3 is 3.00 bits per heavy atom. The molecule has 62 valence electrons. The highest BCUT2D eigenvalue weighted by Crippen LogP contribution is 2.26. The second-order valence-electron chi connectivity index (χ2n) is 2.55. The summed E-state index contributed by atoms with van der Waals surface area (Å²) in [7, 11) is 0. The minimum atomic E-state index is -0.570. The molecule has 2 atom stereocenters. The molecule has 0 spiro atoms. The predicted molar refractivity (Wildman–Crippen MR) is 40.1 cm³/mol. The molecule has 1 amide bonds. The Kier molecular flexibility index (Phi) is 2.43. The van der Waals surface area contributed by atoms with Gasteiger partial charge in [-0.15, -0.1) is 0 Å². The van der Waals surface area contributed by atoms with Crippen LogP contribution in [-0.2, 0) is 4.84 Å². The van der Waals surface area contributed by atoms with E-state index in [0.29, 0.717) is 12.5 Å². The molecule has 1 saturated carbocycles. The molecule has 0 saturated heterocycles. The van der Waals surface area contributed by atoms with Crippen LogP contribution in [-0.4, -0.2) is 25.4 Å². The predicted octanol–water partition coefficient (Wildman–Crippen LogP) is -0.325. The molecule has 0 bridgehead atoms. The van der Waals surface area contributed by atoms with Gasteiger partial charge >= 0.3 is 6.09 Å². The van der Waals surface area contributed by atoms with Crippen molar-refractivity contribution in [2.24, 2.45) is 16.8 Å². The first-order valence-corrected chi connectivity index (χ1v) is 3.40. The first-order valence-electron chi connectivity index (χ1n) is 3.40. The van der Waals surface area contributed by atoms with Crippen molar-refractivity contribution in [1.29, 1.82) is 0 Å². The van der Waals surface area contributed by atoms with Crippen LogP contribution in [0, 0.1) is 5.92 Å². The molecule has 0 aromatic rings. The van der Waals surface area contributed by atoms with Crippen molar-refractivity contribution in [2.45, 2.75) is 12.5 Å². The minimum Gasteiger partial charge on any atom is -0.327 e. The highest BCUT2D eigenvalue weighted by atomic mass is 16.7. The van der Waals surface area contributed by atoms with Crippen LogP contribution in [0.1, 0.15) is 6.42 Å². The molecule has 0 radical (unpaired) electrons. The third-order valence-corrected chi connectivity index (χ3v) is 1.63. The van der Waals surface area contributed by atoms with Crippen molar-refractivity contribution in [3.63, 3.8) is 0 Å². The summed E-state index contributed by atoms with van der Waals surface area (Å²) in [6.07, 6.45) is 0.404. The van der Waals surface area contributed by atoms with Gasteiger partial charge in [-0.2, -0.15) is 0 Å². The second-order valence-corrected chi connectivity index (χ2v) is 2.55. The van der Waals surface area contributed by atoms with Crippen LogP contribution >= 0.6 is 0 Å². The minimum absolute atomic E-state index is 0.243. The van der Waals surface area contributed by atoms with Crippen LogP contribution < -0.4 is 11.1 Å². The van der Waals surface area contributed by atoms with Gasteiger partial charge in [-0.05, 0) is 12.3 Å². The van der Waals surface area contributed by atoms with Gasteiger partial charge in [0, 0.05) is 19.3 Å². The highest BCUT2D eigenvalue weighted by Gasteiger charge is 2.33. The van der Waals surface area contributed by atoms with E-state index in [2.05, 4.69) is 22.0 Å². The van der Waals surface area contributed by atoms with E-state index in [0.717, 1.165) is 6.42 Å². The lowest BCUT2D eigenvalue weighted by Crippen LogP contribution is -2.26. The monoisotopic (exact) mass is 157 g/mol. The number of amides is 1. The van der Waals surface area contributed by atoms with E-state index in [1.165, 1.54) is 0 Å². The van der Waals surface area contributed by atoms with Crippen molar-refractivity contribution >= 4 is 12.8 Å². The Labute approximate surface area is 64.6 Å². The molecule has 1 fully saturated rings. The van der Waals surface area contributed by atoms with Gasteiger partial charge in [0.05, 0.1) is 0 Å². The van der Waals surface area contributed by atoms with Gasteiger partial charge in [0.15, 0.2) is 0 Å². The van der Waals surface area contributed by atoms with Crippen molar-refractivity contribution in [1.82, 2.24) is 5.32 Å². The summed E-state index contributed by atoms with van der Waals surface area (Å²) in [5, 5.41) is 5.46.